The second-order valence-electron chi connectivity index (χ2n) is 8.07. The van der Waals surface area contributed by atoms with Crippen LogP contribution in [0.15, 0.2) is 60.8 Å². The van der Waals surface area contributed by atoms with Crippen molar-refractivity contribution in [3.8, 4) is 22.6 Å². The lowest BCUT2D eigenvalue weighted by Crippen LogP contribution is -2.44. The standard InChI is InChI=1S/C25H24N6O/c1-15-12-19-13-17(8-9-18(19)14-28-15)21-22(23(26)31(20-10-11-20)25(32)27-2)30-24(29-21)16-6-4-3-5-7-16/h3-9,12-14,20,26H,10-11H2,1-2H3,(H,27,32)(H,29,30). The predicted octanol–water partition coefficient (Wildman–Crippen LogP) is 4.73. The van der Waals surface area contributed by atoms with Crippen LogP contribution >= 0.6 is 0 Å². The van der Waals surface area contributed by atoms with Crippen LogP contribution in [0.3, 0.4) is 0 Å². The Morgan fingerprint density at radius 2 is 1.88 bits per heavy atom. The second-order valence-corrected chi connectivity index (χ2v) is 8.07. The number of urea groups is 1. The molecule has 1 saturated carbocycles. The highest BCUT2D eigenvalue weighted by molar-refractivity contribution is 6.09. The molecule has 2 heterocycles. The minimum atomic E-state index is -0.278. The molecule has 0 atom stereocenters. The zero-order valence-electron chi connectivity index (χ0n) is 18.0. The van der Waals surface area contributed by atoms with Crippen molar-refractivity contribution < 1.29 is 4.79 Å². The molecule has 2 aromatic carbocycles. The molecule has 5 rings (SSSR count). The molecule has 2 aromatic heterocycles. The molecule has 0 bridgehead atoms. The van der Waals surface area contributed by atoms with Gasteiger partial charge in [-0.15, -0.1) is 0 Å². The Kier molecular flexibility index (Phi) is 4.93. The molecule has 4 aromatic rings. The Balaban J connectivity index is 1.66. The summed E-state index contributed by atoms with van der Waals surface area (Å²) in [7, 11) is 1.59. The Morgan fingerprint density at radius 3 is 2.59 bits per heavy atom. The largest absolute Gasteiger partial charge is 0.341 e. The van der Waals surface area contributed by atoms with E-state index in [-0.39, 0.29) is 17.9 Å². The van der Waals surface area contributed by atoms with E-state index >= 15 is 0 Å². The number of nitrogens with zero attached hydrogens (tertiary/aromatic N) is 3. The van der Waals surface area contributed by atoms with Gasteiger partial charge in [-0.1, -0.05) is 42.5 Å². The van der Waals surface area contributed by atoms with Crippen LogP contribution in [-0.4, -0.2) is 44.8 Å². The van der Waals surface area contributed by atoms with Gasteiger partial charge in [-0.3, -0.25) is 15.3 Å². The third-order valence-corrected chi connectivity index (χ3v) is 5.71. The van der Waals surface area contributed by atoms with Crippen molar-refractivity contribution in [2.75, 3.05) is 7.05 Å². The highest BCUT2D eigenvalue weighted by Crippen LogP contribution is 2.33. The second kappa shape index (κ2) is 7.92. The van der Waals surface area contributed by atoms with Gasteiger partial charge in [-0.2, -0.15) is 0 Å². The minimum absolute atomic E-state index is 0.0455. The molecule has 7 nitrogen and oxygen atoms in total. The average molecular weight is 425 g/mol. The first-order chi connectivity index (χ1) is 15.5. The van der Waals surface area contributed by atoms with Gasteiger partial charge in [0.05, 0.1) is 0 Å². The highest BCUT2D eigenvalue weighted by Gasteiger charge is 2.37. The Labute approximate surface area is 186 Å². The smallest absolute Gasteiger partial charge is 0.323 e. The van der Waals surface area contributed by atoms with Gasteiger partial charge in [0, 0.05) is 41.5 Å². The molecule has 0 aliphatic heterocycles. The number of carbonyl (C=O) groups is 1. The van der Waals surface area contributed by atoms with Gasteiger partial charge in [-0.25, -0.2) is 9.78 Å². The van der Waals surface area contributed by atoms with Gasteiger partial charge in [-0.05, 0) is 37.3 Å². The number of nitrogens with one attached hydrogen (secondary N) is 3. The quantitative estimate of drug-likeness (QED) is 0.326. The molecule has 0 spiro atoms. The minimum Gasteiger partial charge on any atom is -0.341 e. The van der Waals surface area contributed by atoms with Crippen molar-refractivity contribution in [3.63, 3.8) is 0 Å². The van der Waals surface area contributed by atoms with Crippen LogP contribution in [0.1, 0.15) is 24.2 Å². The van der Waals surface area contributed by atoms with E-state index in [2.05, 4.69) is 21.4 Å². The van der Waals surface area contributed by atoms with Crippen molar-refractivity contribution in [1.82, 2.24) is 25.2 Å². The van der Waals surface area contributed by atoms with Crippen LogP contribution in [0.5, 0.6) is 0 Å². The van der Waals surface area contributed by atoms with Crippen molar-refractivity contribution >= 4 is 22.6 Å². The Bertz CT molecular complexity index is 1320. The highest BCUT2D eigenvalue weighted by atomic mass is 16.2. The normalized spacial score (nSPS) is 13.2. The van der Waals surface area contributed by atoms with E-state index in [9.17, 15) is 4.79 Å². The monoisotopic (exact) mass is 424 g/mol. The maximum absolute atomic E-state index is 12.6. The summed E-state index contributed by atoms with van der Waals surface area (Å²) in [4.78, 5) is 26.7. The number of amidine groups is 1. The number of pyridine rings is 1. The molecule has 32 heavy (non-hydrogen) atoms. The Hall–Kier alpha value is -4.00. The Morgan fingerprint density at radius 1 is 1.09 bits per heavy atom. The van der Waals surface area contributed by atoms with Crippen LogP contribution in [-0.2, 0) is 0 Å². The van der Waals surface area contributed by atoms with Gasteiger partial charge in [0.2, 0.25) is 0 Å². The molecule has 1 aliphatic rings. The third kappa shape index (κ3) is 3.62. The maximum atomic E-state index is 12.6. The molecular weight excluding hydrogens is 400 g/mol. The molecule has 0 unspecified atom stereocenters. The van der Waals surface area contributed by atoms with E-state index in [0.717, 1.165) is 40.4 Å². The zero-order chi connectivity index (χ0) is 22.2. The number of fused-ring (bicyclic) bond motifs is 1. The van der Waals surface area contributed by atoms with E-state index in [1.54, 1.807) is 7.05 Å². The average Bonchev–Trinajstić information content (AvgIpc) is 3.55. The van der Waals surface area contributed by atoms with E-state index in [0.29, 0.717) is 17.2 Å². The van der Waals surface area contributed by atoms with E-state index in [4.69, 9.17) is 10.4 Å². The van der Waals surface area contributed by atoms with Gasteiger partial charge in [0.25, 0.3) is 0 Å². The van der Waals surface area contributed by atoms with Gasteiger partial charge < -0.3 is 10.3 Å². The summed E-state index contributed by atoms with van der Waals surface area (Å²) in [5.74, 6) is 0.793. The fourth-order valence-electron chi connectivity index (χ4n) is 3.91. The van der Waals surface area contributed by atoms with Crippen LogP contribution in [0, 0.1) is 12.3 Å². The summed E-state index contributed by atoms with van der Waals surface area (Å²) in [5, 5.41) is 13.7. The number of aromatic amines is 1. The van der Waals surface area contributed by atoms with Crippen LogP contribution in [0.4, 0.5) is 4.79 Å². The van der Waals surface area contributed by atoms with Gasteiger partial charge in [0.1, 0.15) is 17.2 Å². The van der Waals surface area contributed by atoms with Crippen molar-refractivity contribution in [2.45, 2.75) is 25.8 Å². The summed E-state index contributed by atoms with van der Waals surface area (Å²) in [6.45, 7) is 1.96. The number of imidazole rings is 1. The van der Waals surface area contributed by atoms with Crippen LogP contribution in [0.2, 0.25) is 0 Å². The third-order valence-electron chi connectivity index (χ3n) is 5.71. The first kappa shape index (κ1) is 19.9. The van der Waals surface area contributed by atoms with Crippen LogP contribution < -0.4 is 5.32 Å². The molecule has 1 fully saturated rings. The van der Waals surface area contributed by atoms with Gasteiger partial charge >= 0.3 is 6.03 Å². The molecule has 160 valence electrons. The molecule has 0 radical (unpaired) electrons. The summed E-state index contributed by atoms with van der Waals surface area (Å²) in [5.41, 5.74) is 3.93. The molecule has 7 heteroatoms. The first-order valence-corrected chi connectivity index (χ1v) is 10.7. The topological polar surface area (TPSA) is 97.8 Å². The number of amides is 2. The maximum Gasteiger partial charge on any atom is 0.323 e. The molecule has 1 aliphatic carbocycles. The molecule has 2 amide bonds. The summed E-state index contributed by atoms with van der Waals surface area (Å²) < 4.78 is 0. The van der Waals surface area contributed by atoms with E-state index in [1.807, 2.05) is 61.7 Å². The number of rotatable bonds is 4. The molecule has 0 saturated heterocycles. The molecular formula is C25H24N6O. The number of H-pyrrole nitrogens is 1. The number of carbonyl (C=O) groups excluding carboxylic acids is 1. The van der Waals surface area contributed by atoms with E-state index < -0.39 is 0 Å². The number of benzene rings is 2. The van der Waals surface area contributed by atoms with Crippen molar-refractivity contribution in [1.29, 1.82) is 5.41 Å². The zero-order valence-corrected chi connectivity index (χ0v) is 18.0. The lowest BCUT2D eigenvalue weighted by Gasteiger charge is -2.22. The number of aryl methyl sites for hydroxylation is 1. The fraction of sp³-hybridized carbons (Fsp3) is 0.200. The molecule has 3 N–H and O–H groups in total. The number of hydrogen-bond donors (Lipinski definition) is 3. The number of aromatic nitrogens is 3. The van der Waals surface area contributed by atoms with Crippen molar-refractivity contribution in [2.24, 2.45) is 0 Å². The predicted molar refractivity (Wildman–Crippen MR) is 126 cm³/mol. The van der Waals surface area contributed by atoms with Crippen molar-refractivity contribution in [3.05, 3.63) is 72.2 Å². The summed E-state index contributed by atoms with van der Waals surface area (Å²) in [6, 6.07) is 17.7. The van der Waals surface area contributed by atoms with Gasteiger partial charge in [0.15, 0.2) is 5.84 Å². The first-order valence-electron chi connectivity index (χ1n) is 10.7. The lowest BCUT2D eigenvalue weighted by molar-refractivity contribution is 0.221. The lowest BCUT2D eigenvalue weighted by atomic mass is 10.0. The number of hydrogen-bond acceptors (Lipinski definition) is 4. The fourth-order valence-corrected chi connectivity index (χ4v) is 3.91. The van der Waals surface area contributed by atoms with E-state index in [1.165, 1.54) is 4.90 Å². The SMILES string of the molecule is CNC(=O)N(C(=N)c1[nH]c(-c2ccccc2)nc1-c1ccc2cnc(C)cc2c1)C1CC1. The van der Waals surface area contributed by atoms with Crippen LogP contribution in [0.25, 0.3) is 33.4 Å². The summed E-state index contributed by atoms with van der Waals surface area (Å²) in [6.07, 6.45) is 3.65. The summed E-state index contributed by atoms with van der Waals surface area (Å²) >= 11 is 0.